The highest BCUT2D eigenvalue weighted by Gasteiger charge is 2.29. The average molecular weight is 533 g/mol. The SMILES string of the molecule is CCCCCCOc1ccc(Br)cc1C(=O)NC(=S)Nc1ccc(C)c(NC(=O)C2CC2)c1. The number of unbranched alkanes of at least 4 members (excludes halogenated alkanes) is 3. The number of halogens is 1. The van der Waals surface area contributed by atoms with E-state index in [0.29, 0.717) is 23.6 Å². The quantitative estimate of drug-likeness (QED) is 0.251. The van der Waals surface area contributed by atoms with E-state index in [-0.39, 0.29) is 22.8 Å². The highest BCUT2D eigenvalue weighted by molar-refractivity contribution is 9.10. The van der Waals surface area contributed by atoms with Gasteiger partial charge >= 0.3 is 0 Å². The first-order valence-electron chi connectivity index (χ1n) is 11.3. The fraction of sp³-hybridized carbons (Fsp3) is 0.400. The maximum atomic E-state index is 12.9. The van der Waals surface area contributed by atoms with E-state index in [1.165, 1.54) is 6.42 Å². The van der Waals surface area contributed by atoms with Crippen molar-refractivity contribution in [2.24, 2.45) is 5.92 Å². The van der Waals surface area contributed by atoms with Crippen LogP contribution in [0.1, 0.15) is 61.4 Å². The van der Waals surface area contributed by atoms with E-state index < -0.39 is 0 Å². The van der Waals surface area contributed by atoms with Crippen molar-refractivity contribution in [2.75, 3.05) is 17.2 Å². The van der Waals surface area contributed by atoms with Crippen molar-refractivity contribution in [2.45, 2.75) is 52.4 Å². The lowest BCUT2D eigenvalue weighted by Crippen LogP contribution is -2.34. The number of nitrogens with one attached hydrogen (secondary N) is 3. The Bertz CT molecular complexity index is 1020. The van der Waals surface area contributed by atoms with Crippen molar-refractivity contribution in [3.63, 3.8) is 0 Å². The summed E-state index contributed by atoms with van der Waals surface area (Å²) >= 11 is 8.77. The third-order valence-electron chi connectivity index (χ3n) is 5.37. The van der Waals surface area contributed by atoms with E-state index in [1.54, 1.807) is 12.1 Å². The van der Waals surface area contributed by atoms with Crippen molar-refractivity contribution in [3.8, 4) is 5.75 Å². The van der Waals surface area contributed by atoms with Crippen LogP contribution in [-0.4, -0.2) is 23.5 Å². The van der Waals surface area contributed by atoms with Crippen molar-refractivity contribution in [1.82, 2.24) is 5.32 Å². The van der Waals surface area contributed by atoms with Crippen molar-refractivity contribution in [1.29, 1.82) is 0 Å². The highest BCUT2D eigenvalue weighted by Crippen LogP contribution is 2.31. The number of carbonyl (C=O) groups excluding carboxylic acids is 2. The maximum absolute atomic E-state index is 12.9. The second-order valence-corrected chi connectivity index (χ2v) is 9.58. The molecule has 8 heteroatoms. The topological polar surface area (TPSA) is 79.5 Å². The largest absolute Gasteiger partial charge is 0.493 e. The zero-order valence-electron chi connectivity index (χ0n) is 19.0. The molecule has 0 aliphatic heterocycles. The van der Waals surface area contributed by atoms with Crippen LogP contribution in [0, 0.1) is 12.8 Å². The molecule has 33 heavy (non-hydrogen) atoms. The zero-order valence-corrected chi connectivity index (χ0v) is 21.4. The highest BCUT2D eigenvalue weighted by atomic mass is 79.9. The van der Waals surface area contributed by atoms with Crippen LogP contribution in [0.5, 0.6) is 5.75 Å². The molecule has 0 spiro atoms. The van der Waals surface area contributed by atoms with Gasteiger partial charge in [0.25, 0.3) is 5.91 Å². The predicted octanol–water partition coefficient (Wildman–Crippen LogP) is 6.19. The number of hydrogen-bond acceptors (Lipinski definition) is 4. The minimum absolute atomic E-state index is 0.0445. The molecule has 0 atom stereocenters. The van der Waals surface area contributed by atoms with Gasteiger partial charge in [-0.05, 0) is 74.3 Å². The molecule has 0 radical (unpaired) electrons. The van der Waals surface area contributed by atoms with Crippen LogP contribution in [0.3, 0.4) is 0 Å². The lowest BCUT2D eigenvalue weighted by Gasteiger charge is -2.15. The number of thiocarbonyl (C=S) groups is 1. The number of carbonyl (C=O) groups is 2. The Morgan fingerprint density at radius 1 is 1.09 bits per heavy atom. The predicted molar refractivity (Wildman–Crippen MR) is 140 cm³/mol. The standard InChI is InChI=1S/C25H30BrN3O3S/c1-3-4-5-6-13-32-22-12-10-18(26)14-20(22)24(31)29-25(33)27-19-11-7-16(2)21(15-19)28-23(30)17-8-9-17/h7,10-12,14-15,17H,3-6,8-9,13H2,1-2H3,(H,28,30)(H2,27,29,31,33). The number of aryl methyl sites for hydroxylation is 1. The van der Waals surface area contributed by atoms with Crippen LogP contribution in [0.2, 0.25) is 0 Å². The van der Waals surface area contributed by atoms with Gasteiger partial charge in [0, 0.05) is 21.8 Å². The number of hydrogen-bond donors (Lipinski definition) is 3. The van der Waals surface area contributed by atoms with Crippen LogP contribution in [0.4, 0.5) is 11.4 Å². The summed E-state index contributed by atoms with van der Waals surface area (Å²) in [6.07, 6.45) is 6.26. The Balaban J connectivity index is 1.60. The molecule has 6 nitrogen and oxygen atoms in total. The van der Waals surface area contributed by atoms with E-state index in [1.807, 2.05) is 31.2 Å². The van der Waals surface area contributed by atoms with Gasteiger partial charge in [0.2, 0.25) is 5.91 Å². The fourth-order valence-electron chi connectivity index (χ4n) is 3.26. The minimum Gasteiger partial charge on any atom is -0.493 e. The third kappa shape index (κ3) is 7.82. The fourth-order valence-corrected chi connectivity index (χ4v) is 3.84. The molecule has 1 aliphatic rings. The lowest BCUT2D eigenvalue weighted by molar-refractivity contribution is -0.117. The molecule has 1 saturated carbocycles. The summed E-state index contributed by atoms with van der Waals surface area (Å²) in [6, 6.07) is 10.9. The molecular formula is C25H30BrN3O3S. The number of anilines is 2. The van der Waals surface area contributed by atoms with Crippen LogP contribution in [0.25, 0.3) is 0 Å². The molecule has 3 rings (SSSR count). The molecule has 0 aromatic heterocycles. The van der Waals surface area contributed by atoms with Crippen LogP contribution in [-0.2, 0) is 4.79 Å². The van der Waals surface area contributed by atoms with Gasteiger partial charge in [-0.25, -0.2) is 0 Å². The van der Waals surface area contributed by atoms with Gasteiger partial charge in [-0.2, -0.15) is 0 Å². The van der Waals surface area contributed by atoms with Gasteiger partial charge in [-0.3, -0.25) is 14.9 Å². The molecule has 1 aliphatic carbocycles. The molecule has 3 N–H and O–H groups in total. The molecule has 2 aromatic carbocycles. The normalized spacial score (nSPS) is 12.7. The monoisotopic (exact) mass is 531 g/mol. The molecule has 0 heterocycles. The van der Waals surface area contributed by atoms with Crippen LogP contribution in [0.15, 0.2) is 40.9 Å². The van der Waals surface area contributed by atoms with Gasteiger partial charge in [0.05, 0.1) is 12.2 Å². The van der Waals surface area contributed by atoms with Gasteiger partial charge in [0.15, 0.2) is 5.11 Å². The summed E-state index contributed by atoms with van der Waals surface area (Å²) in [5.74, 6) is 0.333. The van der Waals surface area contributed by atoms with E-state index in [4.69, 9.17) is 17.0 Å². The summed E-state index contributed by atoms with van der Waals surface area (Å²) in [4.78, 5) is 25.0. The summed E-state index contributed by atoms with van der Waals surface area (Å²) in [7, 11) is 0. The van der Waals surface area contributed by atoms with Crippen molar-refractivity contribution in [3.05, 3.63) is 52.0 Å². The first-order valence-corrected chi connectivity index (χ1v) is 12.5. The number of ether oxygens (including phenoxy) is 1. The van der Waals surface area contributed by atoms with Crippen LogP contribution < -0.4 is 20.7 Å². The molecule has 0 saturated heterocycles. The summed E-state index contributed by atoms with van der Waals surface area (Å²) < 4.78 is 6.64. The second kappa shape index (κ2) is 12.1. The third-order valence-corrected chi connectivity index (χ3v) is 6.07. The molecule has 2 amide bonds. The van der Waals surface area contributed by atoms with E-state index in [0.717, 1.165) is 47.8 Å². The Kier molecular flexibility index (Phi) is 9.26. The van der Waals surface area contributed by atoms with Crippen molar-refractivity contribution < 1.29 is 14.3 Å². The van der Waals surface area contributed by atoms with Gasteiger partial charge in [-0.1, -0.05) is 48.2 Å². The smallest absolute Gasteiger partial charge is 0.261 e. The average Bonchev–Trinajstić information content (AvgIpc) is 3.62. The Morgan fingerprint density at radius 3 is 2.61 bits per heavy atom. The molecule has 2 aromatic rings. The molecule has 1 fully saturated rings. The molecule has 176 valence electrons. The van der Waals surface area contributed by atoms with E-state index in [9.17, 15) is 9.59 Å². The summed E-state index contributed by atoms with van der Waals surface area (Å²) in [6.45, 7) is 4.66. The van der Waals surface area contributed by atoms with Crippen LogP contribution >= 0.6 is 28.1 Å². The summed E-state index contributed by atoms with van der Waals surface area (Å²) in [5, 5.41) is 8.87. The summed E-state index contributed by atoms with van der Waals surface area (Å²) in [5.41, 5.74) is 2.78. The Morgan fingerprint density at radius 2 is 1.88 bits per heavy atom. The Labute approximate surface area is 209 Å². The van der Waals surface area contributed by atoms with E-state index >= 15 is 0 Å². The first kappa shape index (κ1) is 25.2. The number of benzene rings is 2. The molecule has 0 unspecified atom stereocenters. The molecule has 0 bridgehead atoms. The second-order valence-electron chi connectivity index (χ2n) is 8.25. The zero-order chi connectivity index (χ0) is 23.8. The Hall–Kier alpha value is -2.45. The van der Waals surface area contributed by atoms with Gasteiger partial charge < -0.3 is 15.4 Å². The number of rotatable bonds is 10. The first-order chi connectivity index (χ1) is 15.9. The minimum atomic E-state index is -0.355. The lowest BCUT2D eigenvalue weighted by atomic mass is 10.1. The number of amides is 2. The molecular weight excluding hydrogens is 502 g/mol. The van der Waals surface area contributed by atoms with Gasteiger partial charge in [0.1, 0.15) is 5.75 Å². The van der Waals surface area contributed by atoms with Gasteiger partial charge in [-0.15, -0.1) is 0 Å². The van der Waals surface area contributed by atoms with Crippen molar-refractivity contribution >= 4 is 56.4 Å². The maximum Gasteiger partial charge on any atom is 0.261 e. The van der Waals surface area contributed by atoms with E-state index in [2.05, 4.69) is 38.8 Å².